The van der Waals surface area contributed by atoms with Gasteiger partial charge >= 0.3 is 0 Å². The van der Waals surface area contributed by atoms with Crippen molar-refractivity contribution < 1.29 is 0 Å². The Hall–Kier alpha value is -1.32. The van der Waals surface area contributed by atoms with Crippen molar-refractivity contribution >= 4 is 11.8 Å². The van der Waals surface area contributed by atoms with Crippen molar-refractivity contribution in [3.8, 4) is 0 Å². The summed E-state index contributed by atoms with van der Waals surface area (Å²) in [6.07, 6.45) is 4.63. The van der Waals surface area contributed by atoms with Gasteiger partial charge in [0.15, 0.2) is 0 Å². The molecule has 1 aliphatic carbocycles. The highest BCUT2D eigenvalue weighted by Crippen LogP contribution is 2.26. The first kappa shape index (κ1) is 12.7. The Morgan fingerprint density at radius 3 is 2.58 bits per heavy atom. The van der Waals surface area contributed by atoms with Crippen molar-refractivity contribution in [3.63, 3.8) is 0 Å². The predicted molar refractivity (Wildman–Crippen MR) is 79.4 cm³/mol. The van der Waals surface area contributed by atoms with Gasteiger partial charge in [0.25, 0.3) is 0 Å². The van der Waals surface area contributed by atoms with Crippen LogP contribution in [0.5, 0.6) is 0 Å². The van der Waals surface area contributed by atoms with E-state index in [0.717, 1.165) is 17.6 Å². The molecule has 0 atom stereocenters. The zero-order valence-electron chi connectivity index (χ0n) is 11.1. The second kappa shape index (κ2) is 5.76. The lowest BCUT2D eigenvalue weighted by atomic mass is 10.2. The van der Waals surface area contributed by atoms with E-state index in [2.05, 4.69) is 53.6 Å². The maximum atomic E-state index is 4.52. The van der Waals surface area contributed by atoms with E-state index in [9.17, 15) is 0 Å². The first-order valence-electron chi connectivity index (χ1n) is 6.72. The van der Waals surface area contributed by atoms with Gasteiger partial charge in [-0.05, 0) is 43.5 Å². The van der Waals surface area contributed by atoms with Crippen molar-refractivity contribution in [2.24, 2.45) is 0 Å². The fourth-order valence-electron chi connectivity index (χ4n) is 1.85. The third-order valence-electron chi connectivity index (χ3n) is 3.21. The van der Waals surface area contributed by atoms with Gasteiger partial charge in [-0.1, -0.05) is 35.5 Å². The molecule has 0 amide bonds. The summed E-state index contributed by atoms with van der Waals surface area (Å²) in [6, 6.07) is 13.6. The summed E-state index contributed by atoms with van der Waals surface area (Å²) in [5.41, 5.74) is 2.55. The molecule has 2 nitrogen and oxygen atoms in total. The van der Waals surface area contributed by atoms with Crippen molar-refractivity contribution in [3.05, 3.63) is 53.7 Å². The molecule has 0 saturated heterocycles. The van der Waals surface area contributed by atoms with E-state index in [1.165, 1.54) is 28.9 Å². The normalized spacial score (nSPS) is 14.6. The number of aryl methyl sites for hydroxylation is 1. The zero-order valence-corrected chi connectivity index (χ0v) is 11.9. The number of rotatable bonds is 5. The van der Waals surface area contributed by atoms with Gasteiger partial charge < -0.3 is 5.32 Å². The Kier molecular flexibility index (Phi) is 3.85. The van der Waals surface area contributed by atoms with Gasteiger partial charge in [-0.25, -0.2) is 4.98 Å². The maximum absolute atomic E-state index is 4.52. The van der Waals surface area contributed by atoms with Crippen LogP contribution in [0.4, 0.5) is 0 Å². The lowest BCUT2D eigenvalue weighted by Gasteiger charge is -2.05. The molecule has 19 heavy (non-hydrogen) atoms. The highest BCUT2D eigenvalue weighted by molar-refractivity contribution is 7.99. The summed E-state index contributed by atoms with van der Waals surface area (Å²) in [4.78, 5) is 5.76. The molecule has 98 valence electrons. The number of hydrogen-bond donors (Lipinski definition) is 1. The molecule has 1 N–H and O–H groups in total. The van der Waals surface area contributed by atoms with E-state index < -0.39 is 0 Å². The number of pyridine rings is 1. The summed E-state index contributed by atoms with van der Waals surface area (Å²) in [5.74, 6) is 0. The largest absolute Gasteiger partial charge is 0.310 e. The predicted octanol–water partition coefficient (Wildman–Crippen LogP) is 3.79. The number of benzene rings is 1. The molecule has 1 heterocycles. The van der Waals surface area contributed by atoms with Crippen LogP contribution in [0.1, 0.15) is 24.0 Å². The minimum absolute atomic E-state index is 0.751. The Morgan fingerprint density at radius 2 is 1.95 bits per heavy atom. The van der Waals surface area contributed by atoms with Gasteiger partial charge in [0, 0.05) is 23.7 Å². The van der Waals surface area contributed by atoms with E-state index in [0.29, 0.717) is 0 Å². The molecule has 0 unspecified atom stereocenters. The summed E-state index contributed by atoms with van der Waals surface area (Å²) < 4.78 is 0. The highest BCUT2D eigenvalue weighted by Gasteiger charge is 2.19. The second-order valence-electron chi connectivity index (χ2n) is 5.07. The lowest BCUT2D eigenvalue weighted by molar-refractivity contribution is 0.685. The summed E-state index contributed by atoms with van der Waals surface area (Å²) in [6.45, 7) is 3.04. The average molecular weight is 270 g/mol. The zero-order chi connectivity index (χ0) is 13.1. The number of hydrogen-bond acceptors (Lipinski definition) is 3. The highest BCUT2D eigenvalue weighted by atomic mass is 32.2. The molecule has 1 aromatic heterocycles. The van der Waals surface area contributed by atoms with E-state index >= 15 is 0 Å². The quantitative estimate of drug-likeness (QED) is 0.894. The molecule has 0 aliphatic heterocycles. The van der Waals surface area contributed by atoms with Crippen LogP contribution >= 0.6 is 11.8 Å². The van der Waals surface area contributed by atoms with Crippen molar-refractivity contribution in [2.75, 3.05) is 0 Å². The lowest BCUT2D eigenvalue weighted by Crippen LogP contribution is -2.15. The third kappa shape index (κ3) is 3.82. The maximum Gasteiger partial charge on any atom is 0.101 e. The molecule has 0 radical (unpaired) electrons. The van der Waals surface area contributed by atoms with Gasteiger partial charge in [-0.3, -0.25) is 0 Å². The monoisotopic (exact) mass is 270 g/mol. The summed E-state index contributed by atoms with van der Waals surface area (Å²) in [7, 11) is 0. The summed E-state index contributed by atoms with van der Waals surface area (Å²) >= 11 is 1.71. The van der Waals surface area contributed by atoms with Crippen LogP contribution in [-0.2, 0) is 6.54 Å². The Balaban J connectivity index is 1.59. The first-order valence-corrected chi connectivity index (χ1v) is 7.54. The molecule has 1 saturated carbocycles. The smallest absolute Gasteiger partial charge is 0.101 e. The van der Waals surface area contributed by atoms with E-state index in [1.54, 1.807) is 11.8 Å². The molecule has 1 aliphatic rings. The second-order valence-corrected chi connectivity index (χ2v) is 6.17. The Morgan fingerprint density at radius 1 is 1.16 bits per heavy atom. The summed E-state index contributed by atoms with van der Waals surface area (Å²) in [5, 5.41) is 4.56. The SMILES string of the molecule is Cc1ccc(Sc2ccc(CNC3CC3)cn2)cc1. The molecular formula is C16H18N2S. The molecule has 3 heteroatoms. The fourth-order valence-corrected chi connectivity index (χ4v) is 2.61. The van der Waals surface area contributed by atoms with Crippen LogP contribution < -0.4 is 5.32 Å². The van der Waals surface area contributed by atoms with Crippen molar-refractivity contribution in [2.45, 2.75) is 42.3 Å². The molecule has 0 bridgehead atoms. The third-order valence-corrected chi connectivity index (χ3v) is 4.17. The molecular weight excluding hydrogens is 252 g/mol. The Labute approximate surface area is 118 Å². The van der Waals surface area contributed by atoms with Crippen LogP contribution in [0.2, 0.25) is 0 Å². The van der Waals surface area contributed by atoms with Gasteiger partial charge in [-0.2, -0.15) is 0 Å². The van der Waals surface area contributed by atoms with E-state index in [1.807, 2.05) is 6.20 Å². The minimum Gasteiger partial charge on any atom is -0.310 e. The topological polar surface area (TPSA) is 24.9 Å². The molecule has 3 rings (SSSR count). The van der Waals surface area contributed by atoms with Crippen LogP contribution in [0, 0.1) is 6.92 Å². The van der Waals surface area contributed by atoms with Gasteiger partial charge in [0.1, 0.15) is 5.03 Å². The van der Waals surface area contributed by atoms with Gasteiger partial charge in [-0.15, -0.1) is 0 Å². The minimum atomic E-state index is 0.751. The standard InChI is InChI=1S/C16H18N2S/c1-12-2-7-15(8-3-12)19-16-9-4-13(11-18-16)10-17-14-5-6-14/h2-4,7-9,11,14,17H,5-6,10H2,1H3. The van der Waals surface area contributed by atoms with Crippen molar-refractivity contribution in [1.29, 1.82) is 0 Å². The fraction of sp³-hybridized carbons (Fsp3) is 0.312. The van der Waals surface area contributed by atoms with E-state index in [4.69, 9.17) is 0 Å². The van der Waals surface area contributed by atoms with E-state index in [-0.39, 0.29) is 0 Å². The van der Waals surface area contributed by atoms with Crippen LogP contribution in [0.15, 0.2) is 52.5 Å². The molecule has 1 aromatic carbocycles. The molecule has 0 spiro atoms. The van der Waals surface area contributed by atoms with Crippen LogP contribution in [0.3, 0.4) is 0 Å². The average Bonchev–Trinajstić information content (AvgIpc) is 3.25. The van der Waals surface area contributed by atoms with Gasteiger partial charge in [0.05, 0.1) is 0 Å². The number of nitrogens with one attached hydrogen (secondary N) is 1. The van der Waals surface area contributed by atoms with Gasteiger partial charge in [0.2, 0.25) is 0 Å². The number of aromatic nitrogens is 1. The molecule has 1 fully saturated rings. The van der Waals surface area contributed by atoms with Crippen molar-refractivity contribution in [1.82, 2.24) is 10.3 Å². The van der Waals surface area contributed by atoms with Crippen LogP contribution in [0.25, 0.3) is 0 Å². The number of nitrogens with zero attached hydrogens (tertiary/aromatic N) is 1. The van der Waals surface area contributed by atoms with Crippen LogP contribution in [-0.4, -0.2) is 11.0 Å². The Bertz CT molecular complexity index is 530. The molecule has 2 aromatic rings. The first-order chi connectivity index (χ1) is 9.29.